The number of rotatable bonds is 6. The Labute approximate surface area is 150 Å². The Morgan fingerprint density at radius 1 is 1.36 bits per heavy atom. The van der Waals surface area contributed by atoms with E-state index in [2.05, 4.69) is 11.4 Å². The van der Waals surface area contributed by atoms with Crippen LogP contribution in [0.15, 0.2) is 24.3 Å². The molecule has 138 valence electrons. The largest absolute Gasteiger partial charge is 0.394 e. The third kappa shape index (κ3) is 3.98. The highest BCUT2D eigenvalue weighted by molar-refractivity contribution is 5.75. The van der Waals surface area contributed by atoms with Gasteiger partial charge >= 0.3 is 6.03 Å². The average molecular weight is 346 g/mol. The summed E-state index contributed by atoms with van der Waals surface area (Å²) in [4.78, 5) is 14.6. The van der Waals surface area contributed by atoms with Crippen molar-refractivity contribution in [2.45, 2.75) is 44.6 Å². The van der Waals surface area contributed by atoms with Crippen LogP contribution in [0.1, 0.15) is 49.3 Å². The topological polar surface area (TPSA) is 61.8 Å². The van der Waals surface area contributed by atoms with Crippen molar-refractivity contribution in [1.29, 1.82) is 0 Å². The lowest BCUT2D eigenvalue weighted by molar-refractivity contribution is 0.115. The Balaban J connectivity index is 1.64. The van der Waals surface area contributed by atoms with Gasteiger partial charge in [0.2, 0.25) is 0 Å². The van der Waals surface area contributed by atoms with Crippen LogP contribution in [0.3, 0.4) is 0 Å². The molecule has 1 heterocycles. The maximum absolute atomic E-state index is 12.8. The number of hydrogen-bond donors (Lipinski definition) is 2. The molecule has 2 amide bonds. The second kappa shape index (κ2) is 8.19. The van der Waals surface area contributed by atoms with Crippen LogP contribution in [0.2, 0.25) is 0 Å². The van der Waals surface area contributed by atoms with Crippen molar-refractivity contribution in [2.24, 2.45) is 5.41 Å². The van der Waals surface area contributed by atoms with Gasteiger partial charge in [-0.15, -0.1) is 0 Å². The van der Waals surface area contributed by atoms with E-state index in [-0.39, 0.29) is 24.1 Å². The molecule has 0 saturated heterocycles. The van der Waals surface area contributed by atoms with Crippen LogP contribution in [-0.4, -0.2) is 49.5 Å². The van der Waals surface area contributed by atoms with E-state index < -0.39 is 0 Å². The van der Waals surface area contributed by atoms with Gasteiger partial charge in [0.25, 0.3) is 0 Å². The maximum Gasteiger partial charge on any atom is 0.318 e. The average Bonchev–Trinajstić information content (AvgIpc) is 3.12. The Bertz CT molecular complexity index is 584. The summed E-state index contributed by atoms with van der Waals surface area (Å²) >= 11 is 0. The number of aliphatic hydroxyl groups is 1. The number of fused-ring (bicyclic) bond motifs is 1. The molecule has 0 aromatic heterocycles. The van der Waals surface area contributed by atoms with Gasteiger partial charge in [-0.3, -0.25) is 0 Å². The molecule has 25 heavy (non-hydrogen) atoms. The van der Waals surface area contributed by atoms with Crippen LogP contribution in [0, 0.1) is 5.41 Å². The molecule has 5 heteroatoms. The van der Waals surface area contributed by atoms with Crippen molar-refractivity contribution in [2.75, 3.05) is 33.4 Å². The van der Waals surface area contributed by atoms with Gasteiger partial charge in [0.15, 0.2) is 0 Å². The van der Waals surface area contributed by atoms with Gasteiger partial charge in [-0.2, -0.15) is 0 Å². The SMILES string of the molecule is COCCC1(CNC(=O)N2CCc3ccccc3C2CO)CCCC1. The molecule has 2 aliphatic rings. The van der Waals surface area contributed by atoms with E-state index in [1.807, 2.05) is 18.2 Å². The van der Waals surface area contributed by atoms with E-state index in [1.165, 1.54) is 18.4 Å². The van der Waals surface area contributed by atoms with E-state index in [1.54, 1.807) is 12.0 Å². The number of urea groups is 1. The fraction of sp³-hybridized carbons (Fsp3) is 0.650. The summed E-state index contributed by atoms with van der Waals surface area (Å²) in [6, 6.07) is 7.79. The van der Waals surface area contributed by atoms with Crippen LogP contribution in [-0.2, 0) is 11.2 Å². The van der Waals surface area contributed by atoms with Crippen molar-refractivity contribution in [3.63, 3.8) is 0 Å². The van der Waals surface area contributed by atoms with Gasteiger partial charge in [-0.05, 0) is 42.2 Å². The molecule has 1 saturated carbocycles. The number of carbonyl (C=O) groups excluding carboxylic acids is 1. The monoisotopic (exact) mass is 346 g/mol. The minimum absolute atomic E-state index is 0.0424. The summed E-state index contributed by atoms with van der Waals surface area (Å²) in [7, 11) is 1.73. The molecule has 0 spiro atoms. The highest BCUT2D eigenvalue weighted by Crippen LogP contribution is 2.40. The quantitative estimate of drug-likeness (QED) is 0.832. The zero-order chi connectivity index (χ0) is 17.7. The normalized spacial score (nSPS) is 21.8. The third-order valence-electron chi connectivity index (χ3n) is 5.96. The van der Waals surface area contributed by atoms with E-state index in [0.29, 0.717) is 13.1 Å². The van der Waals surface area contributed by atoms with Crippen LogP contribution in [0.4, 0.5) is 4.79 Å². The summed E-state index contributed by atoms with van der Waals surface area (Å²) in [6.07, 6.45) is 6.61. The highest BCUT2D eigenvalue weighted by atomic mass is 16.5. The van der Waals surface area contributed by atoms with Crippen LogP contribution < -0.4 is 5.32 Å². The van der Waals surface area contributed by atoms with Crippen molar-refractivity contribution in [1.82, 2.24) is 10.2 Å². The first-order valence-electron chi connectivity index (χ1n) is 9.41. The highest BCUT2D eigenvalue weighted by Gasteiger charge is 2.35. The first-order chi connectivity index (χ1) is 12.2. The molecule has 1 unspecified atom stereocenters. The number of methoxy groups -OCH3 is 1. The van der Waals surface area contributed by atoms with Crippen LogP contribution in [0.5, 0.6) is 0 Å². The predicted octanol–water partition coefficient (Wildman–Crippen LogP) is 2.88. The predicted molar refractivity (Wildman–Crippen MR) is 97.5 cm³/mol. The molecule has 1 aromatic carbocycles. The second-order valence-electron chi connectivity index (χ2n) is 7.45. The first kappa shape index (κ1) is 18.2. The summed E-state index contributed by atoms with van der Waals surface area (Å²) in [5.74, 6) is 0. The van der Waals surface area contributed by atoms with Crippen LogP contribution >= 0.6 is 0 Å². The smallest absolute Gasteiger partial charge is 0.318 e. The van der Waals surface area contributed by atoms with E-state index in [4.69, 9.17) is 4.74 Å². The molecule has 1 atom stereocenters. The molecule has 0 bridgehead atoms. The van der Waals surface area contributed by atoms with Gasteiger partial charge in [0.1, 0.15) is 0 Å². The number of ether oxygens (including phenoxy) is 1. The van der Waals surface area contributed by atoms with E-state index in [0.717, 1.165) is 37.9 Å². The number of amides is 2. The summed E-state index contributed by atoms with van der Waals surface area (Å²) in [5.41, 5.74) is 2.48. The van der Waals surface area contributed by atoms with Gasteiger partial charge in [-0.25, -0.2) is 4.79 Å². The Morgan fingerprint density at radius 3 is 2.84 bits per heavy atom. The molecule has 0 radical (unpaired) electrons. The summed E-state index contributed by atoms with van der Waals surface area (Å²) < 4.78 is 5.27. The summed E-state index contributed by atoms with van der Waals surface area (Å²) in [5, 5.41) is 13.0. The van der Waals surface area contributed by atoms with Crippen LogP contribution in [0.25, 0.3) is 0 Å². The lowest BCUT2D eigenvalue weighted by Gasteiger charge is -2.37. The minimum atomic E-state index is -0.247. The van der Waals surface area contributed by atoms with E-state index in [9.17, 15) is 9.90 Å². The zero-order valence-electron chi connectivity index (χ0n) is 15.2. The molecule has 5 nitrogen and oxygen atoms in total. The number of nitrogens with zero attached hydrogens (tertiary/aromatic N) is 1. The standard InChI is InChI=1S/C20H30N2O3/c1-25-13-11-20(9-4-5-10-20)15-21-19(24)22-12-8-16-6-2-3-7-17(16)18(22)14-23/h2-3,6-7,18,23H,4-5,8-15H2,1H3,(H,21,24). The summed E-state index contributed by atoms with van der Waals surface area (Å²) in [6.45, 7) is 2.05. The molecule has 1 aromatic rings. The number of nitrogens with one attached hydrogen (secondary N) is 1. The number of hydrogen-bond acceptors (Lipinski definition) is 3. The van der Waals surface area contributed by atoms with Gasteiger partial charge in [0, 0.05) is 26.8 Å². The number of carbonyl (C=O) groups is 1. The Hall–Kier alpha value is -1.59. The fourth-order valence-corrected chi connectivity index (χ4v) is 4.41. The lowest BCUT2D eigenvalue weighted by atomic mass is 9.83. The fourth-order valence-electron chi connectivity index (χ4n) is 4.41. The molecule has 3 rings (SSSR count). The van der Waals surface area contributed by atoms with Gasteiger partial charge < -0.3 is 20.1 Å². The Morgan fingerprint density at radius 2 is 2.12 bits per heavy atom. The molecule has 1 aliphatic heterocycles. The third-order valence-corrected chi connectivity index (χ3v) is 5.96. The molecular weight excluding hydrogens is 316 g/mol. The maximum atomic E-state index is 12.8. The molecule has 1 fully saturated rings. The Kier molecular flexibility index (Phi) is 5.97. The zero-order valence-corrected chi connectivity index (χ0v) is 15.2. The first-order valence-corrected chi connectivity index (χ1v) is 9.41. The van der Waals surface area contributed by atoms with Crippen molar-refractivity contribution in [3.8, 4) is 0 Å². The molecule has 2 N–H and O–H groups in total. The van der Waals surface area contributed by atoms with Gasteiger partial charge in [0.05, 0.1) is 12.6 Å². The van der Waals surface area contributed by atoms with Crippen molar-refractivity contribution in [3.05, 3.63) is 35.4 Å². The second-order valence-corrected chi connectivity index (χ2v) is 7.45. The van der Waals surface area contributed by atoms with Gasteiger partial charge in [-0.1, -0.05) is 37.1 Å². The molecule has 1 aliphatic carbocycles. The minimum Gasteiger partial charge on any atom is -0.394 e. The van der Waals surface area contributed by atoms with Crippen molar-refractivity contribution < 1.29 is 14.6 Å². The number of aliphatic hydroxyl groups excluding tert-OH is 1. The molecular formula is C20H30N2O3. The number of benzene rings is 1. The van der Waals surface area contributed by atoms with E-state index >= 15 is 0 Å². The van der Waals surface area contributed by atoms with Crippen molar-refractivity contribution >= 4 is 6.03 Å². The lowest BCUT2D eigenvalue weighted by Crippen LogP contribution is -2.49.